The van der Waals surface area contributed by atoms with Crippen molar-refractivity contribution in [2.45, 2.75) is 126 Å². The van der Waals surface area contributed by atoms with Gasteiger partial charge in [0.1, 0.15) is 23.4 Å². The van der Waals surface area contributed by atoms with Gasteiger partial charge in [0, 0.05) is 47.3 Å². The van der Waals surface area contributed by atoms with Crippen molar-refractivity contribution in [3.8, 4) is 0 Å². The van der Waals surface area contributed by atoms with Crippen LogP contribution in [0.5, 0.6) is 0 Å². The van der Waals surface area contributed by atoms with Crippen LogP contribution in [0.15, 0.2) is 20.5 Å². The van der Waals surface area contributed by atoms with Gasteiger partial charge in [0.2, 0.25) is 5.79 Å². The van der Waals surface area contributed by atoms with E-state index in [9.17, 15) is 14.4 Å². The molecular formula is C33H50O7. The topological polar surface area (TPSA) is 92.0 Å². The van der Waals surface area contributed by atoms with Gasteiger partial charge < -0.3 is 18.6 Å². The minimum Gasteiger partial charge on any atom is -0.465 e. The molecule has 3 rings (SSSR count). The van der Waals surface area contributed by atoms with Crippen LogP contribution in [0.4, 0.5) is 0 Å². The van der Waals surface area contributed by atoms with Gasteiger partial charge >= 0.3 is 5.97 Å². The Morgan fingerprint density at radius 1 is 1.00 bits per heavy atom. The number of ether oxygens (including phenoxy) is 3. The van der Waals surface area contributed by atoms with E-state index in [2.05, 4.69) is 6.92 Å². The van der Waals surface area contributed by atoms with E-state index in [0.29, 0.717) is 46.8 Å². The summed E-state index contributed by atoms with van der Waals surface area (Å²) in [6, 6.07) is 0. The summed E-state index contributed by atoms with van der Waals surface area (Å²) in [5.74, 6) is -1.30. The van der Waals surface area contributed by atoms with Crippen molar-refractivity contribution in [1.29, 1.82) is 0 Å². The molecule has 1 spiro atoms. The van der Waals surface area contributed by atoms with E-state index in [1.807, 2.05) is 62.3 Å². The highest BCUT2D eigenvalue weighted by Crippen LogP contribution is 2.52. The molecule has 7 nitrogen and oxygen atoms in total. The van der Waals surface area contributed by atoms with Crippen molar-refractivity contribution in [3.05, 3.63) is 44.2 Å². The first-order valence-electron chi connectivity index (χ1n) is 15.1. The molecule has 224 valence electrons. The van der Waals surface area contributed by atoms with Gasteiger partial charge in [0.15, 0.2) is 11.2 Å². The van der Waals surface area contributed by atoms with Crippen LogP contribution in [-0.2, 0) is 30.2 Å². The first-order chi connectivity index (χ1) is 18.6. The summed E-state index contributed by atoms with van der Waals surface area (Å²) in [6.07, 6.45) is 0.573. The number of allylic oxidation sites excluding steroid dienone is 2. The van der Waals surface area contributed by atoms with Crippen molar-refractivity contribution in [3.63, 3.8) is 0 Å². The fourth-order valence-electron chi connectivity index (χ4n) is 6.56. The summed E-state index contributed by atoms with van der Waals surface area (Å²) in [6.45, 7) is 23.2. The third kappa shape index (κ3) is 5.55. The van der Waals surface area contributed by atoms with Crippen LogP contribution in [0.1, 0.15) is 111 Å². The summed E-state index contributed by atoms with van der Waals surface area (Å²) in [4.78, 5) is 39.9. The van der Waals surface area contributed by atoms with Gasteiger partial charge in [-0.2, -0.15) is 0 Å². The Kier molecular flexibility index (Phi) is 9.81. The number of hydrogen-bond acceptors (Lipinski definition) is 7. The first-order valence-corrected chi connectivity index (χ1v) is 15.1. The van der Waals surface area contributed by atoms with Crippen LogP contribution in [0.2, 0.25) is 0 Å². The highest BCUT2D eigenvalue weighted by molar-refractivity contribution is 5.98. The highest BCUT2D eigenvalue weighted by atomic mass is 16.7. The van der Waals surface area contributed by atoms with Gasteiger partial charge in [0.25, 0.3) is 0 Å². The summed E-state index contributed by atoms with van der Waals surface area (Å²) < 4.78 is 26.3. The molecule has 1 fully saturated rings. The lowest BCUT2D eigenvalue weighted by Crippen LogP contribution is -2.65. The highest BCUT2D eigenvalue weighted by Gasteiger charge is 2.62. The molecule has 7 heteroatoms. The SMILES string of the molecule is CCc1oc([C@H](C)[C@@H]2OC3(OC([C@H](C)CC)=C(C)C(=O)[C@@H]3C)C(C)[C@@H](OC(=O)CC(C)C)[C@@H]2C)c(C)c(=O)c1C. The van der Waals surface area contributed by atoms with Crippen molar-refractivity contribution < 1.29 is 28.2 Å². The summed E-state index contributed by atoms with van der Waals surface area (Å²) >= 11 is 0. The first kappa shape index (κ1) is 32.1. The molecule has 0 bridgehead atoms. The lowest BCUT2D eigenvalue weighted by molar-refractivity contribution is -0.347. The predicted octanol–water partition coefficient (Wildman–Crippen LogP) is 6.80. The van der Waals surface area contributed by atoms with Gasteiger partial charge in [-0.25, -0.2) is 0 Å². The van der Waals surface area contributed by atoms with Crippen LogP contribution in [0, 0.1) is 43.4 Å². The maximum absolute atomic E-state index is 13.7. The number of carbonyl (C=O) groups excluding carboxylic acids is 2. The quantitative estimate of drug-likeness (QED) is 0.324. The monoisotopic (exact) mass is 558 g/mol. The minimum absolute atomic E-state index is 0.0192. The Labute approximate surface area is 240 Å². The van der Waals surface area contributed by atoms with Gasteiger partial charge in [0.05, 0.1) is 17.9 Å². The van der Waals surface area contributed by atoms with Crippen LogP contribution >= 0.6 is 0 Å². The van der Waals surface area contributed by atoms with E-state index in [1.54, 1.807) is 13.8 Å². The second kappa shape index (κ2) is 12.2. The van der Waals surface area contributed by atoms with Crippen LogP contribution in [-0.4, -0.2) is 29.7 Å². The Morgan fingerprint density at radius 2 is 1.62 bits per heavy atom. The van der Waals surface area contributed by atoms with E-state index in [-0.39, 0.29) is 40.9 Å². The molecule has 8 atom stereocenters. The Balaban J connectivity index is 2.19. The molecule has 40 heavy (non-hydrogen) atoms. The molecule has 0 aliphatic carbocycles. The van der Waals surface area contributed by atoms with Crippen LogP contribution in [0.25, 0.3) is 0 Å². The average Bonchev–Trinajstić information content (AvgIpc) is 2.91. The third-order valence-corrected chi connectivity index (χ3v) is 9.32. The molecule has 1 aromatic rings. The second-order valence-electron chi connectivity index (χ2n) is 12.6. The van der Waals surface area contributed by atoms with Crippen LogP contribution in [0.3, 0.4) is 0 Å². The maximum Gasteiger partial charge on any atom is 0.306 e. The van der Waals surface area contributed by atoms with Gasteiger partial charge in [-0.1, -0.05) is 55.4 Å². The largest absolute Gasteiger partial charge is 0.465 e. The summed E-state index contributed by atoms with van der Waals surface area (Å²) in [5.41, 5.74) is 1.75. The Hall–Kier alpha value is -2.41. The third-order valence-electron chi connectivity index (χ3n) is 9.32. The molecule has 1 aromatic heterocycles. The molecule has 2 aliphatic heterocycles. The molecule has 0 saturated carbocycles. The Bertz CT molecular complexity index is 1210. The van der Waals surface area contributed by atoms with E-state index >= 15 is 0 Å². The zero-order chi connectivity index (χ0) is 30.3. The standard InChI is InChI=1S/C33H50O7/c1-13-17(5)29-20(8)28(36)23(11)33(39-29)24(12)32(38-26(34)15-16(3)4)22(10)31(40-33)21(9)30-19(7)27(35)18(6)25(14-2)37-30/h16-17,21-24,31-32H,13-15H2,1-12H3/t17-,21+,22-,23+,24?,31+,32+,33?/m1/s1. The molecule has 2 unspecified atom stereocenters. The summed E-state index contributed by atoms with van der Waals surface area (Å²) in [5, 5.41) is 0. The van der Waals surface area contributed by atoms with E-state index in [0.717, 1.165) is 6.42 Å². The molecule has 3 heterocycles. The fourth-order valence-corrected chi connectivity index (χ4v) is 6.56. The average molecular weight is 559 g/mol. The lowest BCUT2D eigenvalue weighted by Gasteiger charge is -2.56. The molecule has 0 aromatic carbocycles. The number of aryl methyl sites for hydroxylation is 1. The normalized spacial score (nSPS) is 30.4. The van der Waals surface area contributed by atoms with E-state index < -0.39 is 29.8 Å². The van der Waals surface area contributed by atoms with Crippen molar-refractivity contribution in [2.75, 3.05) is 0 Å². The Morgan fingerprint density at radius 3 is 2.17 bits per heavy atom. The van der Waals surface area contributed by atoms with Crippen molar-refractivity contribution in [1.82, 2.24) is 0 Å². The number of esters is 1. The number of hydrogen-bond donors (Lipinski definition) is 0. The van der Waals surface area contributed by atoms with Gasteiger partial charge in [-0.15, -0.1) is 0 Å². The zero-order valence-electron chi connectivity index (χ0n) is 26.6. The molecular weight excluding hydrogens is 508 g/mol. The molecule has 2 aliphatic rings. The predicted molar refractivity (Wildman–Crippen MR) is 155 cm³/mol. The molecule has 0 radical (unpaired) electrons. The van der Waals surface area contributed by atoms with Crippen LogP contribution < -0.4 is 5.43 Å². The van der Waals surface area contributed by atoms with Crippen molar-refractivity contribution in [2.24, 2.45) is 29.6 Å². The van der Waals surface area contributed by atoms with Gasteiger partial charge in [-0.3, -0.25) is 14.4 Å². The maximum atomic E-state index is 13.7. The van der Waals surface area contributed by atoms with E-state index in [4.69, 9.17) is 18.6 Å². The lowest BCUT2D eigenvalue weighted by atomic mass is 9.70. The second-order valence-corrected chi connectivity index (χ2v) is 12.6. The van der Waals surface area contributed by atoms with Crippen molar-refractivity contribution >= 4 is 11.8 Å². The number of rotatable bonds is 8. The minimum atomic E-state index is -1.34. The fraction of sp³-hybridized carbons (Fsp3) is 0.727. The smallest absolute Gasteiger partial charge is 0.306 e. The molecule has 1 saturated heterocycles. The van der Waals surface area contributed by atoms with Gasteiger partial charge in [-0.05, 0) is 40.0 Å². The number of ketones is 1. The zero-order valence-corrected chi connectivity index (χ0v) is 26.6. The summed E-state index contributed by atoms with van der Waals surface area (Å²) in [7, 11) is 0. The number of Topliss-reactive ketones (excluding diaryl/α,β-unsaturated/α-hetero) is 1. The van der Waals surface area contributed by atoms with E-state index in [1.165, 1.54) is 0 Å². The molecule has 0 amide bonds. The number of carbonyl (C=O) groups is 2. The molecule has 0 N–H and O–H groups in total.